The number of amides is 2. The molecule has 0 atom stereocenters. The Kier molecular flexibility index (Phi) is 5.20. The number of carbonyl (C=O) groups is 1. The summed E-state index contributed by atoms with van der Waals surface area (Å²) >= 11 is 3.25. The number of nitrogens with zero attached hydrogens (tertiary/aromatic N) is 4. The van der Waals surface area contributed by atoms with Crippen molar-refractivity contribution in [3.05, 3.63) is 47.5 Å². The smallest absolute Gasteiger partial charge is 0.325 e. The quantitative estimate of drug-likeness (QED) is 0.362. The Morgan fingerprint density at radius 3 is 3.10 bits per heavy atom. The van der Waals surface area contributed by atoms with Crippen molar-refractivity contribution in [2.45, 2.75) is 17.7 Å². The van der Waals surface area contributed by atoms with E-state index in [9.17, 15) is 4.79 Å². The highest BCUT2D eigenvalue weighted by Gasteiger charge is 2.17. The predicted octanol–water partition coefficient (Wildman–Crippen LogP) is 3.76. The third-order valence-corrected chi connectivity index (χ3v) is 6.73. The highest BCUT2D eigenvalue weighted by molar-refractivity contribution is 7.99. The third-order valence-electron chi connectivity index (χ3n) is 4.63. The topological polar surface area (TPSA) is 121 Å². The standard InChI is InChI=1S/C19H18N8OS2/c28-18(25-13-2-1-3-14-12(13)9-24-27-14)26-19-21-8-11(30-19)4-6-20-17-16-15(5-7-29-16)22-10-23-17/h1-3,8-10H,4-7H2,(H,24,27)(H,20,22,23)(H2,21,25,26,28). The molecule has 4 aromatic rings. The minimum atomic E-state index is -0.337. The Morgan fingerprint density at radius 1 is 1.17 bits per heavy atom. The SMILES string of the molecule is O=C(Nc1ncc(CCNc2ncnc3c2SCC3)s1)Nc1cccc2[nH]ncc12. The van der Waals surface area contributed by atoms with E-state index in [1.54, 1.807) is 30.5 Å². The lowest BCUT2D eigenvalue weighted by molar-refractivity contribution is 0.262. The molecule has 0 spiro atoms. The maximum absolute atomic E-state index is 12.3. The zero-order chi connectivity index (χ0) is 20.3. The fourth-order valence-electron chi connectivity index (χ4n) is 3.23. The Morgan fingerprint density at radius 2 is 2.13 bits per heavy atom. The molecular formula is C19H18N8OS2. The molecule has 9 nitrogen and oxygen atoms in total. The van der Waals surface area contributed by atoms with Gasteiger partial charge in [0.15, 0.2) is 5.13 Å². The summed E-state index contributed by atoms with van der Waals surface area (Å²) in [4.78, 5) is 27.6. The van der Waals surface area contributed by atoms with Crippen LogP contribution in [0.25, 0.3) is 10.9 Å². The average Bonchev–Trinajstić information content (AvgIpc) is 3.49. The van der Waals surface area contributed by atoms with Gasteiger partial charge in [-0.2, -0.15) is 5.10 Å². The number of thioether (sulfide) groups is 1. The number of aromatic nitrogens is 5. The average molecular weight is 439 g/mol. The number of nitrogens with one attached hydrogen (secondary N) is 4. The molecule has 0 saturated carbocycles. The molecule has 0 bridgehead atoms. The zero-order valence-electron chi connectivity index (χ0n) is 15.8. The van der Waals surface area contributed by atoms with Crippen LogP contribution in [-0.2, 0) is 12.8 Å². The van der Waals surface area contributed by atoms with Gasteiger partial charge in [-0.25, -0.2) is 19.7 Å². The lowest BCUT2D eigenvalue weighted by atomic mass is 10.2. The van der Waals surface area contributed by atoms with Crippen LogP contribution in [0.5, 0.6) is 0 Å². The predicted molar refractivity (Wildman–Crippen MR) is 120 cm³/mol. The first kappa shape index (κ1) is 18.8. The van der Waals surface area contributed by atoms with Crippen LogP contribution in [0.4, 0.5) is 21.4 Å². The van der Waals surface area contributed by atoms with Crippen molar-refractivity contribution in [3.63, 3.8) is 0 Å². The molecular weight excluding hydrogens is 420 g/mol. The number of aromatic amines is 1. The van der Waals surface area contributed by atoms with Crippen molar-refractivity contribution in [2.24, 2.45) is 0 Å². The van der Waals surface area contributed by atoms with E-state index < -0.39 is 0 Å². The lowest BCUT2D eigenvalue weighted by Gasteiger charge is -2.08. The molecule has 1 aliphatic heterocycles. The molecule has 3 aromatic heterocycles. The number of benzene rings is 1. The van der Waals surface area contributed by atoms with E-state index in [1.165, 1.54) is 11.3 Å². The van der Waals surface area contributed by atoms with Gasteiger partial charge in [0.2, 0.25) is 0 Å². The Bertz CT molecular complexity index is 1200. The number of rotatable bonds is 6. The molecule has 4 heterocycles. The molecule has 0 saturated heterocycles. The van der Waals surface area contributed by atoms with Crippen molar-refractivity contribution in [1.82, 2.24) is 25.1 Å². The highest BCUT2D eigenvalue weighted by Crippen LogP contribution is 2.34. The molecule has 0 fully saturated rings. The van der Waals surface area contributed by atoms with Crippen LogP contribution in [0.15, 0.2) is 41.8 Å². The van der Waals surface area contributed by atoms with Crippen molar-refractivity contribution in [3.8, 4) is 0 Å². The first-order chi connectivity index (χ1) is 14.8. The van der Waals surface area contributed by atoms with E-state index in [0.717, 1.165) is 57.3 Å². The van der Waals surface area contributed by atoms with Crippen LogP contribution in [-0.4, -0.2) is 43.5 Å². The van der Waals surface area contributed by atoms with Crippen molar-refractivity contribution >= 4 is 56.7 Å². The number of aryl methyl sites for hydroxylation is 1. The molecule has 5 rings (SSSR count). The molecule has 1 aliphatic rings. The molecule has 0 aliphatic carbocycles. The van der Waals surface area contributed by atoms with Gasteiger partial charge in [-0.3, -0.25) is 10.4 Å². The molecule has 0 radical (unpaired) electrons. The highest BCUT2D eigenvalue weighted by atomic mass is 32.2. The van der Waals surface area contributed by atoms with Gasteiger partial charge < -0.3 is 10.6 Å². The number of carbonyl (C=O) groups excluding carboxylic acids is 1. The molecule has 4 N–H and O–H groups in total. The number of hydrogen-bond donors (Lipinski definition) is 4. The second-order valence-electron chi connectivity index (χ2n) is 6.62. The van der Waals surface area contributed by atoms with Gasteiger partial charge in [-0.1, -0.05) is 6.07 Å². The number of urea groups is 1. The summed E-state index contributed by atoms with van der Waals surface area (Å²) in [5.41, 5.74) is 2.68. The molecule has 1 aromatic carbocycles. The van der Waals surface area contributed by atoms with Crippen LogP contribution >= 0.6 is 23.1 Å². The van der Waals surface area contributed by atoms with Gasteiger partial charge >= 0.3 is 6.03 Å². The lowest BCUT2D eigenvalue weighted by Crippen LogP contribution is -2.19. The zero-order valence-corrected chi connectivity index (χ0v) is 17.4. The minimum absolute atomic E-state index is 0.337. The largest absolute Gasteiger partial charge is 0.369 e. The normalized spacial score (nSPS) is 12.7. The van der Waals surface area contributed by atoms with E-state index in [-0.39, 0.29) is 6.03 Å². The van der Waals surface area contributed by atoms with Crippen molar-refractivity contribution in [2.75, 3.05) is 28.2 Å². The molecule has 2 amide bonds. The summed E-state index contributed by atoms with van der Waals surface area (Å²) in [5.74, 6) is 1.96. The minimum Gasteiger partial charge on any atom is -0.369 e. The van der Waals surface area contributed by atoms with Gasteiger partial charge in [0.1, 0.15) is 12.1 Å². The van der Waals surface area contributed by atoms with E-state index >= 15 is 0 Å². The Labute approximate surface area is 180 Å². The van der Waals surface area contributed by atoms with Crippen LogP contribution in [0.2, 0.25) is 0 Å². The monoisotopic (exact) mass is 438 g/mol. The number of H-pyrrole nitrogens is 1. The van der Waals surface area contributed by atoms with Crippen LogP contribution in [0.3, 0.4) is 0 Å². The second-order valence-corrected chi connectivity index (χ2v) is 8.84. The first-order valence-electron chi connectivity index (χ1n) is 9.41. The Hall–Kier alpha value is -3.18. The van der Waals surface area contributed by atoms with Crippen LogP contribution < -0.4 is 16.0 Å². The number of thiazole rings is 1. The molecule has 152 valence electrons. The van der Waals surface area contributed by atoms with E-state index in [2.05, 4.69) is 41.1 Å². The van der Waals surface area contributed by atoms with E-state index in [4.69, 9.17) is 0 Å². The number of anilines is 3. The summed E-state index contributed by atoms with van der Waals surface area (Å²) in [6, 6.07) is 5.26. The van der Waals surface area contributed by atoms with Gasteiger partial charge in [0, 0.05) is 41.6 Å². The van der Waals surface area contributed by atoms with Crippen LogP contribution in [0.1, 0.15) is 10.6 Å². The third kappa shape index (κ3) is 3.94. The fraction of sp³-hybridized carbons (Fsp3) is 0.211. The van der Waals surface area contributed by atoms with Crippen LogP contribution in [0, 0.1) is 0 Å². The van der Waals surface area contributed by atoms with E-state index in [1.807, 2.05) is 18.2 Å². The molecule has 11 heteroatoms. The summed E-state index contributed by atoms with van der Waals surface area (Å²) in [6.07, 6.45) is 6.88. The second kappa shape index (κ2) is 8.28. The summed E-state index contributed by atoms with van der Waals surface area (Å²) < 4.78 is 0. The molecule has 0 unspecified atom stereocenters. The van der Waals surface area contributed by atoms with Crippen molar-refractivity contribution in [1.29, 1.82) is 0 Å². The number of hydrogen-bond acceptors (Lipinski definition) is 8. The van der Waals surface area contributed by atoms with Gasteiger partial charge in [-0.05, 0) is 12.1 Å². The molecule has 30 heavy (non-hydrogen) atoms. The first-order valence-corrected chi connectivity index (χ1v) is 11.2. The fourth-order valence-corrected chi connectivity index (χ4v) is 5.12. The number of fused-ring (bicyclic) bond motifs is 2. The Balaban J connectivity index is 1.15. The maximum Gasteiger partial charge on any atom is 0.325 e. The van der Waals surface area contributed by atoms with E-state index in [0.29, 0.717) is 10.8 Å². The van der Waals surface area contributed by atoms with Crippen molar-refractivity contribution < 1.29 is 4.79 Å². The van der Waals surface area contributed by atoms with Gasteiger partial charge in [0.25, 0.3) is 0 Å². The van der Waals surface area contributed by atoms with Gasteiger partial charge in [-0.15, -0.1) is 23.1 Å². The summed E-state index contributed by atoms with van der Waals surface area (Å²) in [7, 11) is 0. The van der Waals surface area contributed by atoms with Gasteiger partial charge in [0.05, 0.1) is 28.0 Å². The maximum atomic E-state index is 12.3. The summed E-state index contributed by atoms with van der Waals surface area (Å²) in [6.45, 7) is 0.736. The summed E-state index contributed by atoms with van der Waals surface area (Å²) in [5, 5.41) is 17.3.